The molecule has 0 saturated carbocycles. The van der Waals surface area contributed by atoms with Crippen LogP contribution < -0.4 is 0 Å². The first kappa shape index (κ1) is 53.9. The van der Waals surface area contributed by atoms with Crippen molar-refractivity contribution < 1.29 is 28.6 Å². The van der Waals surface area contributed by atoms with E-state index in [0.717, 1.165) is 77.0 Å². The quantitative estimate of drug-likeness (QED) is 0.0265. The molecule has 0 aromatic rings. The largest absolute Gasteiger partial charge is 0.462 e. The molecule has 6 nitrogen and oxygen atoms in total. The van der Waals surface area contributed by atoms with Gasteiger partial charge in [-0.2, -0.15) is 0 Å². The smallest absolute Gasteiger partial charge is 0.306 e. The molecular formula is C51H86O6. The molecule has 0 fully saturated rings. The molecule has 1 atom stereocenters. The molecule has 0 heterocycles. The first-order valence-corrected chi connectivity index (χ1v) is 23.4. The monoisotopic (exact) mass is 795 g/mol. The van der Waals surface area contributed by atoms with Crippen LogP contribution in [0.5, 0.6) is 0 Å². The highest BCUT2D eigenvalue weighted by Crippen LogP contribution is 2.12. The molecule has 0 radical (unpaired) electrons. The van der Waals surface area contributed by atoms with Crippen LogP contribution in [0, 0.1) is 0 Å². The van der Waals surface area contributed by atoms with Crippen LogP contribution in [0.15, 0.2) is 72.9 Å². The van der Waals surface area contributed by atoms with E-state index in [1.807, 2.05) is 6.08 Å². The van der Waals surface area contributed by atoms with Crippen LogP contribution >= 0.6 is 0 Å². The molecule has 0 aromatic heterocycles. The molecule has 0 spiro atoms. The fraction of sp³-hybridized carbons (Fsp3) is 0.706. The SMILES string of the molecule is CC/C=C\C/C=C\CCCCC(=O)OCC(COC(=O)CCCCCCCCC/C=C\C/C=C\CCCCC)OC(=O)CC/C=C\C/C=C\CCCCCCCC. The van der Waals surface area contributed by atoms with Crippen molar-refractivity contribution in [3.05, 3.63) is 72.9 Å². The summed E-state index contributed by atoms with van der Waals surface area (Å²) in [5, 5.41) is 0. The van der Waals surface area contributed by atoms with E-state index in [9.17, 15) is 14.4 Å². The minimum Gasteiger partial charge on any atom is -0.462 e. The summed E-state index contributed by atoms with van der Waals surface area (Å²) in [5.41, 5.74) is 0. The van der Waals surface area contributed by atoms with Crippen LogP contribution in [-0.4, -0.2) is 37.2 Å². The lowest BCUT2D eigenvalue weighted by Crippen LogP contribution is -2.30. The third-order valence-corrected chi connectivity index (χ3v) is 9.68. The van der Waals surface area contributed by atoms with E-state index < -0.39 is 12.1 Å². The third kappa shape index (κ3) is 43.8. The molecule has 0 aliphatic rings. The Hall–Kier alpha value is -3.15. The minimum absolute atomic E-state index is 0.113. The zero-order valence-corrected chi connectivity index (χ0v) is 37.1. The maximum absolute atomic E-state index is 12.7. The van der Waals surface area contributed by atoms with Gasteiger partial charge in [-0.05, 0) is 96.3 Å². The Kier molecular flexibility index (Phi) is 43.0. The number of esters is 3. The van der Waals surface area contributed by atoms with Crippen LogP contribution in [0.1, 0.15) is 213 Å². The van der Waals surface area contributed by atoms with Gasteiger partial charge in [0.2, 0.25) is 0 Å². The molecule has 57 heavy (non-hydrogen) atoms. The van der Waals surface area contributed by atoms with Crippen molar-refractivity contribution in [1.82, 2.24) is 0 Å². The maximum Gasteiger partial charge on any atom is 0.306 e. The van der Waals surface area contributed by atoms with Crippen LogP contribution in [0.4, 0.5) is 0 Å². The van der Waals surface area contributed by atoms with E-state index in [1.165, 1.54) is 89.9 Å². The third-order valence-electron chi connectivity index (χ3n) is 9.68. The van der Waals surface area contributed by atoms with E-state index in [2.05, 4.69) is 87.6 Å². The first-order chi connectivity index (χ1) is 28.0. The zero-order chi connectivity index (χ0) is 41.5. The highest BCUT2D eigenvalue weighted by Gasteiger charge is 2.19. The molecule has 0 amide bonds. The Morgan fingerprint density at radius 2 is 0.719 bits per heavy atom. The predicted octanol–water partition coefficient (Wildman–Crippen LogP) is 15.1. The standard InChI is InChI=1S/C51H86O6/c1-4-7-10-13-16-19-21-23-24-25-26-28-29-32-35-38-41-44-50(53)56-47-48(46-55-49(52)43-40-37-34-31-18-15-12-9-6-3)57-51(54)45-42-39-36-33-30-27-22-20-17-14-11-8-5-2/h9,12,16,18-19,23-24,27,30-31,36,39,48H,4-8,10-11,13-15,17,20-22,25-26,28-29,32-35,37-38,40-47H2,1-3H3/b12-9-,19-16-,24-23-,30-27-,31-18-,39-36-. The van der Waals surface area contributed by atoms with E-state index in [0.29, 0.717) is 19.3 Å². The second-order valence-corrected chi connectivity index (χ2v) is 15.3. The lowest BCUT2D eigenvalue weighted by Gasteiger charge is -2.18. The van der Waals surface area contributed by atoms with Crippen LogP contribution in [0.3, 0.4) is 0 Å². The number of hydrogen-bond acceptors (Lipinski definition) is 6. The summed E-state index contributed by atoms with van der Waals surface area (Å²) in [7, 11) is 0. The summed E-state index contributed by atoms with van der Waals surface area (Å²) >= 11 is 0. The lowest BCUT2D eigenvalue weighted by atomic mass is 10.1. The van der Waals surface area contributed by atoms with Gasteiger partial charge in [-0.15, -0.1) is 0 Å². The van der Waals surface area contributed by atoms with Gasteiger partial charge < -0.3 is 14.2 Å². The Labute approximate surface area is 351 Å². The van der Waals surface area contributed by atoms with E-state index >= 15 is 0 Å². The van der Waals surface area contributed by atoms with Gasteiger partial charge in [0, 0.05) is 19.3 Å². The number of unbranched alkanes of at least 4 members (excludes halogenated alkanes) is 18. The number of hydrogen-bond donors (Lipinski definition) is 0. The minimum atomic E-state index is -0.819. The molecule has 326 valence electrons. The Balaban J connectivity index is 4.44. The van der Waals surface area contributed by atoms with Crippen molar-refractivity contribution >= 4 is 17.9 Å². The van der Waals surface area contributed by atoms with Gasteiger partial charge in [0.25, 0.3) is 0 Å². The Morgan fingerprint density at radius 1 is 0.368 bits per heavy atom. The van der Waals surface area contributed by atoms with Gasteiger partial charge in [-0.25, -0.2) is 0 Å². The summed E-state index contributed by atoms with van der Waals surface area (Å²) in [5.74, 6) is -1.03. The molecule has 0 bridgehead atoms. The maximum atomic E-state index is 12.7. The Morgan fingerprint density at radius 3 is 1.19 bits per heavy atom. The molecule has 1 unspecified atom stereocenters. The molecule has 0 aromatic carbocycles. The molecule has 6 heteroatoms. The number of allylic oxidation sites excluding steroid dienone is 12. The van der Waals surface area contributed by atoms with Crippen molar-refractivity contribution in [2.24, 2.45) is 0 Å². The summed E-state index contributed by atoms with van der Waals surface area (Å²) in [4.78, 5) is 37.7. The van der Waals surface area contributed by atoms with Crippen LogP contribution in [0.25, 0.3) is 0 Å². The summed E-state index contributed by atoms with van der Waals surface area (Å²) < 4.78 is 16.6. The molecule has 0 aliphatic carbocycles. The van der Waals surface area contributed by atoms with Gasteiger partial charge in [-0.3, -0.25) is 14.4 Å². The molecule has 0 N–H and O–H groups in total. The lowest BCUT2D eigenvalue weighted by molar-refractivity contribution is -0.166. The summed E-state index contributed by atoms with van der Waals surface area (Å²) in [6.07, 6.45) is 56.2. The van der Waals surface area contributed by atoms with Gasteiger partial charge in [-0.1, -0.05) is 171 Å². The number of carbonyl (C=O) groups is 3. The van der Waals surface area contributed by atoms with E-state index in [4.69, 9.17) is 14.2 Å². The summed E-state index contributed by atoms with van der Waals surface area (Å²) in [6.45, 7) is 6.37. The number of rotatable bonds is 41. The fourth-order valence-corrected chi connectivity index (χ4v) is 6.15. The number of ether oxygens (including phenoxy) is 3. The predicted molar refractivity (Wildman–Crippen MR) is 242 cm³/mol. The Bertz CT molecular complexity index is 1100. The second-order valence-electron chi connectivity index (χ2n) is 15.3. The van der Waals surface area contributed by atoms with Crippen molar-refractivity contribution in [3.8, 4) is 0 Å². The number of carbonyl (C=O) groups excluding carboxylic acids is 3. The van der Waals surface area contributed by atoms with Crippen molar-refractivity contribution in [3.63, 3.8) is 0 Å². The van der Waals surface area contributed by atoms with Gasteiger partial charge in [0.05, 0.1) is 0 Å². The molecule has 0 aliphatic heterocycles. The molecule has 0 rings (SSSR count). The highest BCUT2D eigenvalue weighted by molar-refractivity contribution is 5.71. The van der Waals surface area contributed by atoms with E-state index in [1.54, 1.807) is 0 Å². The fourth-order valence-electron chi connectivity index (χ4n) is 6.15. The average Bonchev–Trinajstić information content (AvgIpc) is 3.21. The molecular weight excluding hydrogens is 709 g/mol. The summed E-state index contributed by atoms with van der Waals surface area (Å²) in [6, 6.07) is 0. The van der Waals surface area contributed by atoms with Gasteiger partial charge >= 0.3 is 17.9 Å². The first-order valence-electron chi connectivity index (χ1n) is 23.4. The van der Waals surface area contributed by atoms with Gasteiger partial charge in [0.1, 0.15) is 13.2 Å². The highest BCUT2D eigenvalue weighted by atomic mass is 16.6. The van der Waals surface area contributed by atoms with Crippen LogP contribution in [0.2, 0.25) is 0 Å². The van der Waals surface area contributed by atoms with Gasteiger partial charge in [0.15, 0.2) is 6.10 Å². The zero-order valence-electron chi connectivity index (χ0n) is 37.1. The second kappa shape index (κ2) is 45.6. The molecule has 0 saturated heterocycles. The van der Waals surface area contributed by atoms with Crippen molar-refractivity contribution in [2.75, 3.05) is 13.2 Å². The van der Waals surface area contributed by atoms with Crippen molar-refractivity contribution in [1.29, 1.82) is 0 Å². The van der Waals surface area contributed by atoms with E-state index in [-0.39, 0.29) is 31.6 Å². The normalized spacial score (nSPS) is 12.7. The van der Waals surface area contributed by atoms with Crippen LogP contribution in [-0.2, 0) is 28.6 Å². The average molecular weight is 795 g/mol. The van der Waals surface area contributed by atoms with Crippen molar-refractivity contribution in [2.45, 2.75) is 219 Å². The topological polar surface area (TPSA) is 78.9 Å².